The Balaban J connectivity index is 1.23. The molecule has 0 aliphatic carbocycles. The number of hydrogen-bond acceptors (Lipinski definition) is 2. The molecular formula is C60H36F6N4. The highest BCUT2D eigenvalue weighted by atomic mass is 19.4. The maximum Gasteiger partial charge on any atom is 0.417 e. The summed E-state index contributed by atoms with van der Waals surface area (Å²) < 4.78 is 96.9. The molecule has 0 spiro atoms. The first-order valence-electron chi connectivity index (χ1n) is 22.5. The molecule has 3 aromatic heterocycles. The lowest BCUT2D eigenvalue weighted by Crippen LogP contribution is -2.11. The Kier molecular flexibility index (Phi) is 10.0. The van der Waals surface area contributed by atoms with Crippen molar-refractivity contribution < 1.29 is 26.3 Å². The van der Waals surface area contributed by atoms with E-state index in [4.69, 9.17) is 9.97 Å². The summed E-state index contributed by atoms with van der Waals surface area (Å²) >= 11 is 0. The molecule has 0 amide bonds. The minimum atomic E-state index is -4.85. The zero-order valence-electron chi connectivity index (χ0n) is 36.8. The van der Waals surface area contributed by atoms with Crippen LogP contribution >= 0.6 is 0 Å². The van der Waals surface area contributed by atoms with Gasteiger partial charge in [0.15, 0.2) is 5.82 Å². The third kappa shape index (κ3) is 7.18. The summed E-state index contributed by atoms with van der Waals surface area (Å²) in [6.45, 7) is 0. The Morgan fingerprint density at radius 2 is 0.729 bits per heavy atom. The molecule has 338 valence electrons. The second kappa shape index (κ2) is 16.5. The van der Waals surface area contributed by atoms with Crippen LogP contribution in [0.4, 0.5) is 26.3 Å². The average molecular weight is 927 g/mol. The molecule has 4 nitrogen and oxygen atoms in total. The van der Waals surface area contributed by atoms with Crippen molar-refractivity contribution in [1.82, 2.24) is 19.1 Å². The van der Waals surface area contributed by atoms with Crippen LogP contribution in [0.3, 0.4) is 0 Å². The summed E-state index contributed by atoms with van der Waals surface area (Å²) in [5, 5.41) is 3.64. The molecule has 0 saturated carbocycles. The van der Waals surface area contributed by atoms with Crippen LogP contribution in [-0.2, 0) is 12.4 Å². The zero-order chi connectivity index (χ0) is 47.7. The zero-order valence-corrected chi connectivity index (χ0v) is 36.8. The number of halogens is 6. The molecule has 0 unspecified atom stereocenters. The van der Waals surface area contributed by atoms with Gasteiger partial charge in [-0.05, 0) is 77.9 Å². The van der Waals surface area contributed by atoms with Gasteiger partial charge in [-0.2, -0.15) is 26.3 Å². The lowest BCUT2D eigenvalue weighted by atomic mass is 9.88. The second-order valence-electron chi connectivity index (χ2n) is 17.1. The van der Waals surface area contributed by atoms with Gasteiger partial charge in [-0.15, -0.1) is 0 Å². The highest BCUT2D eigenvalue weighted by molar-refractivity contribution is 6.13. The van der Waals surface area contributed by atoms with Crippen LogP contribution in [0, 0.1) is 0 Å². The summed E-state index contributed by atoms with van der Waals surface area (Å²) in [5.41, 5.74) is 4.38. The first kappa shape index (κ1) is 42.6. The monoisotopic (exact) mass is 926 g/mol. The van der Waals surface area contributed by atoms with Gasteiger partial charge in [-0.25, -0.2) is 9.97 Å². The number of fused-ring (bicyclic) bond motifs is 6. The number of hydrogen-bond donors (Lipinski definition) is 0. The molecule has 0 fully saturated rings. The van der Waals surface area contributed by atoms with E-state index in [0.29, 0.717) is 33.8 Å². The largest absolute Gasteiger partial charge is 0.417 e. The van der Waals surface area contributed by atoms with Crippen molar-refractivity contribution in [3.8, 4) is 67.5 Å². The molecule has 10 heteroatoms. The maximum absolute atomic E-state index is 15.5. The first-order valence-corrected chi connectivity index (χ1v) is 22.5. The molecule has 0 bridgehead atoms. The van der Waals surface area contributed by atoms with Crippen molar-refractivity contribution in [2.45, 2.75) is 12.4 Å². The van der Waals surface area contributed by atoms with Gasteiger partial charge in [0, 0.05) is 55.0 Å². The number of nitrogens with zero attached hydrogens (tertiary/aromatic N) is 4. The first-order chi connectivity index (χ1) is 34.0. The molecule has 12 aromatic rings. The molecule has 0 aliphatic rings. The van der Waals surface area contributed by atoms with Crippen LogP contribution in [-0.4, -0.2) is 19.1 Å². The number of benzene rings is 9. The van der Waals surface area contributed by atoms with Gasteiger partial charge in [-0.3, -0.25) is 0 Å². The summed E-state index contributed by atoms with van der Waals surface area (Å²) in [4.78, 5) is 9.94. The SMILES string of the molecule is FC(F)(F)c1ccccc1-c1cc(-c2cc(-c3ccccc3)nc(-c3ccccc3)n2)cc(-c2ccccc2C(F)(F)F)c1-n1c2ccccc2c2cc(-n3c4ccccc4c4ccccc43)ccc21. The number of aromatic nitrogens is 4. The van der Waals surface area contributed by atoms with Crippen molar-refractivity contribution in [2.24, 2.45) is 0 Å². The van der Waals surface area contributed by atoms with E-state index in [2.05, 4.69) is 28.8 Å². The molecule has 9 aromatic carbocycles. The fourth-order valence-electron chi connectivity index (χ4n) is 9.97. The van der Waals surface area contributed by atoms with E-state index in [9.17, 15) is 0 Å². The molecule has 3 heterocycles. The summed E-state index contributed by atoms with van der Waals surface area (Å²) in [6, 6.07) is 63.7. The van der Waals surface area contributed by atoms with E-state index >= 15 is 26.3 Å². The Labute approximate surface area is 397 Å². The van der Waals surface area contributed by atoms with Gasteiger partial charge in [0.25, 0.3) is 0 Å². The highest BCUT2D eigenvalue weighted by Crippen LogP contribution is 2.49. The number of para-hydroxylation sites is 3. The van der Waals surface area contributed by atoms with E-state index < -0.39 is 23.5 Å². The summed E-state index contributed by atoms with van der Waals surface area (Å²) in [5.74, 6) is 0.331. The van der Waals surface area contributed by atoms with E-state index in [-0.39, 0.29) is 33.5 Å². The lowest BCUT2D eigenvalue weighted by molar-refractivity contribution is -0.137. The Morgan fingerprint density at radius 3 is 1.26 bits per heavy atom. The minimum Gasteiger partial charge on any atom is -0.309 e. The normalized spacial score (nSPS) is 12.1. The van der Waals surface area contributed by atoms with Gasteiger partial charge in [0.1, 0.15) is 0 Å². The van der Waals surface area contributed by atoms with Crippen molar-refractivity contribution in [3.63, 3.8) is 0 Å². The number of rotatable bonds is 7. The molecule has 0 N–H and O–H groups in total. The smallest absolute Gasteiger partial charge is 0.309 e. The van der Waals surface area contributed by atoms with Crippen LogP contribution in [0.15, 0.2) is 218 Å². The van der Waals surface area contributed by atoms with Crippen molar-refractivity contribution >= 4 is 43.6 Å². The average Bonchev–Trinajstić information content (AvgIpc) is 3.90. The van der Waals surface area contributed by atoms with E-state index in [1.165, 1.54) is 36.4 Å². The summed E-state index contributed by atoms with van der Waals surface area (Å²) in [7, 11) is 0. The third-order valence-electron chi connectivity index (χ3n) is 13.0. The van der Waals surface area contributed by atoms with Crippen molar-refractivity contribution in [2.75, 3.05) is 0 Å². The second-order valence-corrected chi connectivity index (χ2v) is 17.1. The fraction of sp³-hybridized carbons (Fsp3) is 0.0333. The quantitative estimate of drug-likeness (QED) is 0.149. The highest BCUT2D eigenvalue weighted by Gasteiger charge is 2.37. The fourth-order valence-corrected chi connectivity index (χ4v) is 9.97. The molecule has 0 saturated heterocycles. The lowest BCUT2D eigenvalue weighted by Gasteiger charge is -2.24. The van der Waals surface area contributed by atoms with Gasteiger partial charge in [0.05, 0.1) is 50.3 Å². The predicted octanol–water partition coefficient (Wildman–Crippen LogP) is 17.0. The van der Waals surface area contributed by atoms with Gasteiger partial charge in [-0.1, -0.05) is 152 Å². The maximum atomic E-state index is 15.5. The van der Waals surface area contributed by atoms with Crippen LogP contribution < -0.4 is 0 Å². The van der Waals surface area contributed by atoms with Crippen LogP contribution in [0.2, 0.25) is 0 Å². The standard InChI is InChI=1S/C60H36F6N4/c61-59(62,63)49-26-12-7-21-41(49)47-33-39(52-36-51(37-17-3-1-4-18-37)67-58(68-52)38-19-5-2-6-20-38)34-48(42-22-8-13-27-50(42)60(64,65)66)57(47)70-55-30-16-11-25-45(55)46-35-40(31-32-56(46)70)69-53-28-14-9-23-43(53)44-24-10-15-29-54(44)69/h1-36H. The molecular weight excluding hydrogens is 891 g/mol. The van der Waals surface area contributed by atoms with Gasteiger partial charge < -0.3 is 9.13 Å². The van der Waals surface area contributed by atoms with Crippen molar-refractivity contribution in [1.29, 1.82) is 0 Å². The van der Waals surface area contributed by atoms with E-state index in [1.807, 2.05) is 132 Å². The molecule has 70 heavy (non-hydrogen) atoms. The Hall–Kier alpha value is -8.76. The van der Waals surface area contributed by atoms with E-state index in [0.717, 1.165) is 56.0 Å². The minimum absolute atomic E-state index is 0.0488. The Bertz CT molecular complexity index is 3790. The third-order valence-corrected chi connectivity index (χ3v) is 13.0. The van der Waals surface area contributed by atoms with E-state index in [1.54, 1.807) is 18.2 Å². The van der Waals surface area contributed by atoms with Crippen LogP contribution in [0.5, 0.6) is 0 Å². The predicted molar refractivity (Wildman–Crippen MR) is 268 cm³/mol. The van der Waals surface area contributed by atoms with Crippen molar-refractivity contribution in [3.05, 3.63) is 230 Å². The molecule has 0 radical (unpaired) electrons. The molecule has 12 rings (SSSR count). The Morgan fingerprint density at radius 1 is 0.314 bits per heavy atom. The molecule has 0 aliphatic heterocycles. The van der Waals surface area contributed by atoms with Gasteiger partial charge >= 0.3 is 12.4 Å². The summed E-state index contributed by atoms with van der Waals surface area (Å²) in [6.07, 6.45) is -9.69. The number of alkyl halides is 6. The van der Waals surface area contributed by atoms with Crippen LogP contribution in [0.25, 0.3) is 111 Å². The van der Waals surface area contributed by atoms with Crippen LogP contribution in [0.1, 0.15) is 11.1 Å². The molecule has 0 atom stereocenters. The van der Waals surface area contributed by atoms with Gasteiger partial charge in [0.2, 0.25) is 0 Å². The topological polar surface area (TPSA) is 35.6 Å².